The third-order valence-electron chi connectivity index (χ3n) is 1.90. The highest BCUT2D eigenvalue weighted by Gasteiger charge is 2.10. The van der Waals surface area contributed by atoms with Crippen LogP contribution in [0.2, 0.25) is 0 Å². The molecule has 66 valence electrons. The predicted octanol–water partition coefficient (Wildman–Crippen LogP) is 0.890. The summed E-state index contributed by atoms with van der Waals surface area (Å²) in [5.41, 5.74) is 0. The van der Waals surface area contributed by atoms with Gasteiger partial charge in [-0.2, -0.15) is 0 Å². The van der Waals surface area contributed by atoms with Gasteiger partial charge in [0.1, 0.15) is 0 Å². The summed E-state index contributed by atoms with van der Waals surface area (Å²) in [4.78, 5) is 12.6. The molecule has 3 heteroatoms. The maximum absolute atomic E-state index is 10.8. The van der Waals surface area contributed by atoms with E-state index < -0.39 is 0 Å². The Morgan fingerprint density at radius 2 is 2.18 bits per heavy atom. The van der Waals surface area contributed by atoms with Crippen LogP contribution in [0.3, 0.4) is 0 Å². The summed E-state index contributed by atoms with van der Waals surface area (Å²) >= 11 is 0. The fraction of sp³-hybridized carbons (Fsp3) is 0.875. The molecule has 0 saturated heterocycles. The molecule has 0 aliphatic heterocycles. The van der Waals surface area contributed by atoms with Crippen molar-refractivity contribution in [3.05, 3.63) is 0 Å². The van der Waals surface area contributed by atoms with Crippen LogP contribution in [0.4, 0.5) is 0 Å². The molecule has 0 radical (unpaired) electrons. The van der Waals surface area contributed by atoms with E-state index in [0.29, 0.717) is 6.61 Å². The van der Waals surface area contributed by atoms with E-state index in [2.05, 4.69) is 0 Å². The number of hydrogen-bond donors (Lipinski definition) is 0. The fourth-order valence-electron chi connectivity index (χ4n) is 0.792. The van der Waals surface area contributed by atoms with Crippen molar-refractivity contribution in [3.63, 3.8) is 0 Å². The third kappa shape index (κ3) is 3.98. The van der Waals surface area contributed by atoms with Crippen molar-refractivity contribution in [1.29, 1.82) is 0 Å². The Labute approximate surface area is 68.3 Å². The van der Waals surface area contributed by atoms with Crippen molar-refractivity contribution in [1.82, 2.24) is 4.90 Å². The molecule has 3 nitrogen and oxygen atoms in total. The van der Waals surface area contributed by atoms with Gasteiger partial charge in [0.15, 0.2) is 0 Å². The number of methoxy groups -OCH3 is 1. The Morgan fingerprint density at radius 1 is 1.64 bits per heavy atom. The van der Waals surface area contributed by atoms with Gasteiger partial charge in [-0.05, 0) is 13.3 Å². The lowest BCUT2D eigenvalue weighted by Crippen LogP contribution is -2.33. The van der Waals surface area contributed by atoms with Crippen LogP contribution in [0.15, 0.2) is 0 Å². The van der Waals surface area contributed by atoms with E-state index >= 15 is 0 Å². The standard InChI is InChI=1S/C8H17NO2/c1-7(5-6-11-4)9(3)8(2)10/h7H,5-6H2,1-4H3. The number of ether oxygens (including phenoxy) is 1. The largest absolute Gasteiger partial charge is 0.385 e. The zero-order chi connectivity index (χ0) is 8.85. The maximum Gasteiger partial charge on any atom is 0.219 e. The van der Waals surface area contributed by atoms with Gasteiger partial charge in [-0.3, -0.25) is 4.79 Å². The van der Waals surface area contributed by atoms with Gasteiger partial charge < -0.3 is 9.64 Å². The molecule has 0 N–H and O–H groups in total. The molecule has 0 fully saturated rings. The van der Waals surface area contributed by atoms with E-state index in [9.17, 15) is 4.79 Å². The zero-order valence-corrected chi connectivity index (χ0v) is 7.76. The summed E-state index contributed by atoms with van der Waals surface area (Å²) in [5, 5.41) is 0. The molecule has 0 aromatic heterocycles. The average Bonchev–Trinajstić information content (AvgIpc) is 1.98. The van der Waals surface area contributed by atoms with Gasteiger partial charge in [-0.15, -0.1) is 0 Å². The highest BCUT2D eigenvalue weighted by atomic mass is 16.5. The first kappa shape index (κ1) is 10.4. The van der Waals surface area contributed by atoms with E-state index in [1.54, 1.807) is 18.9 Å². The molecular weight excluding hydrogens is 142 g/mol. The van der Waals surface area contributed by atoms with E-state index in [-0.39, 0.29) is 11.9 Å². The lowest BCUT2D eigenvalue weighted by molar-refractivity contribution is -0.129. The molecule has 0 saturated carbocycles. The van der Waals surface area contributed by atoms with Crippen LogP contribution in [0, 0.1) is 0 Å². The van der Waals surface area contributed by atoms with Crippen molar-refractivity contribution in [3.8, 4) is 0 Å². The van der Waals surface area contributed by atoms with E-state index in [0.717, 1.165) is 6.42 Å². The lowest BCUT2D eigenvalue weighted by atomic mass is 10.2. The molecule has 1 unspecified atom stereocenters. The average molecular weight is 159 g/mol. The highest BCUT2D eigenvalue weighted by molar-refractivity contribution is 5.73. The zero-order valence-electron chi connectivity index (χ0n) is 7.76. The molecule has 1 atom stereocenters. The first-order chi connectivity index (χ1) is 5.09. The summed E-state index contributed by atoms with van der Waals surface area (Å²) in [7, 11) is 3.48. The molecule has 0 rings (SSSR count). The van der Waals surface area contributed by atoms with Gasteiger partial charge in [-0.1, -0.05) is 0 Å². The van der Waals surface area contributed by atoms with Crippen LogP contribution >= 0.6 is 0 Å². The van der Waals surface area contributed by atoms with Gasteiger partial charge in [0.05, 0.1) is 0 Å². The molecule has 0 heterocycles. The van der Waals surface area contributed by atoms with E-state index in [4.69, 9.17) is 4.74 Å². The van der Waals surface area contributed by atoms with Crippen LogP contribution < -0.4 is 0 Å². The first-order valence-corrected chi connectivity index (χ1v) is 3.82. The molecule has 0 aromatic rings. The summed E-state index contributed by atoms with van der Waals surface area (Å²) in [6.07, 6.45) is 0.895. The van der Waals surface area contributed by atoms with Crippen LogP contribution in [0.5, 0.6) is 0 Å². The summed E-state index contributed by atoms with van der Waals surface area (Å²) in [6.45, 7) is 4.29. The number of carbonyl (C=O) groups excluding carboxylic acids is 1. The van der Waals surface area contributed by atoms with E-state index in [1.165, 1.54) is 0 Å². The Hall–Kier alpha value is -0.570. The van der Waals surface area contributed by atoms with Crippen molar-refractivity contribution >= 4 is 5.91 Å². The van der Waals surface area contributed by atoms with Crippen LogP contribution in [-0.2, 0) is 9.53 Å². The minimum Gasteiger partial charge on any atom is -0.385 e. The Bertz CT molecular complexity index is 125. The van der Waals surface area contributed by atoms with Gasteiger partial charge in [0.2, 0.25) is 5.91 Å². The van der Waals surface area contributed by atoms with Gasteiger partial charge in [0.25, 0.3) is 0 Å². The van der Waals surface area contributed by atoms with Crippen molar-refractivity contribution < 1.29 is 9.53 Å². The molecule has 11 heavy (non-hydrogen) atoms. The Balaban J connectivity index is 3.63. The Kier molecular flexibility index (Phi) is 4.86. The van der Waals surface area contributed by atoms with Crippen LogP contribution in [0.1, 0.15) is 20.3 Å². The number of nitrogens with zero attached hydrogens (tertiary/aromatic N) is 1. The fourth-order valence-corrected chi connectivity index (χ4v) is 0.792. The number of hydrogen-bond acceptors (Lipinski definition) is 2. The normalized spacial score (nSPS) is 12.7. The monoisotopic (exact) mass is 159 g/mol. The third-order valence-corrected chi connectivity index (χ3v) is 1.90. The quantitative estimate of drug-likeness (QED) is 0.609. The smallest absolute Gasteiger partial charge is 0.219 e. The molecule has 0 aliphatic rings. The minimum atomic E-state index is 0.105. The predicted molar refractivity (Wildman–Crippen MR) is 44.4 cm³/mol. The molecule has 0 aliphatic carbocycles. The van der Waals surface area contributed by atoms with Gasteiger partial charge in [0, 0.05) is 33.7 Å². The molecule has 0 spiro atoms. The minimum absolute atomic E-state index is 0.105. The van der Waals surface area contributed by atoms with Crippen LogP contribution in [-0.4, -0.2) is 37.6 Å². The SMILES string of the molecule is COCCC(C)N(C)C(C)=O. The molecule has 0 bridgehead atoms. The summed E-state index contributed by atoms with van der Waals surface area (Å²) in [6, 6.07) is 0.271. The molecular formula is C8H17NO2. The second-order valence-electron chi connectivity index (χ2n) is 2.76. The van der Waals surface area contributed by atoms with Crippen molar-refractivity contribution in [2.45, 2.75) is 26.3 Å². The highest BCUT2D eigenvalue weighted by Crippen LogP contribution is 2.00. The van der Waals surface area contributed by atoms with Gasteiger partial charge in [-0.25, -0.2) is 0 Å². The topological polar surface area (TPSA) is 29.5 Å². The second-order valence-corrected chi connectivity index (χ2v) is 2.76. The number of rotatable bonds is 4. The maximum atomic E-state index is 10.8. The van der Waals surface area contributed by atoms with Crippen molar-refractivity contribution in [2.24, 2.45) is 0 Å². The number of carbonyl (C=O) groups is 1. The number of amides is 1. The summed E-state index contributed by atoms with van der Waals surface area (Å²) < 4.78 is 4.90. The molecule has 1 amide bonds. The summed E-state index contributed by atoms with van der Waals surface area (Å²) in [5.74, 6) is 0.105. The Morgan fingerprint density at radius 3 is 2.55 bits per heavy atom. The van der Waals surface area contributed by atoms with Crippen LogP contribution in [0.25, 0.3) is 0 Å². The van der Waals surface area contributed by atoms with Crippen molar-refractivity contribution in [2.75, 3.05) is 20.8 Å². The van der Waals surface area contributed by atoms with Gasteiger partial charge >= 0.3 is 0 Å². The second kappa shape index (κ2) is 5.13. The van der Waals surface area contributed by atoms with E-state index in [1.807, 2.05) is 14.0 Å². The molecule has 0 aromatic carbocycles. The lowest BCUT2D eigenvalue weighted by Gasteiger charge is -2.22. The first-order valence-electron chi connectivity index (χ1n) is 3.82.